The molecule has 2 rings (SSSR count). The van der Waals surface area contributed by atoms with E-state index < -0.39 is 10.5 Å². The normalized spacial score (nSPS) is 13.8. The van der Waals surface area contributed by atoms with E-state index >= 15 is 0 Å². The Morgan fingerprint density at radius 3 is 2.85 bits per heavy atom. The van der Waals surface area contributed by atoms with Gasteiger partial charge in [0.15, 0.2) is 0 Å². The van der Waals surface area contributed by atoms with Gasteiger partial charge in [0.1, 0.15) is 17.0 Å². The number of furan rings is 1. The molecule has 0 saturated heterocycles. The van der Waals surface area contributed by atoms with Crippen LogP contribution in [-0.4, -0.2) is 16.6 Å². The minimum absolute atomic E-state index is 0.0605. The Hall–Kier alpha value is -1.86. The second-order valence-corrected chi connectivity index (χ2v) is 5.44. The number of anilines is 1. The van der Waals surface area contributed by atoms with Crippen LogP contribution in [0.5, 0.6) is 0 Å². The van der Waals surface area contributed by atoms with Crippen molar-refractivity contribution in [3.8, 4) is 0 Å². The molecule has 2 N–H and O–H groups in total. The summed E-state index contributed by atoms with van der Waals surface area (Å²) in [6.07, 6.45) is 1.46. The van der Waals surface area contributed by atoms with E-state index in [1.807, 2.05) is 0 Å². The molecule has 0 radical (unpaired) electrons. The number of hydrogen-bond donors (Lipinski definition) is 2. The highest BCUT2D eigenvalue weighted by molar-refractivity contribution is 9.10. The van der Waals surface area contributed by atoms with Crippen LogP contribution in [0, 0.1) is 10.1 Å². The van der Waals surface area contributed by atoms with Gasteiger partial charge in [0, 0.05) is 10.5 Å². The highest BCUT2D eigenvalue weighted by Gasteiger charge is 2.27. The third kappa shape index (κ3) is 3.17. The molecule has 0 amide bonds. The lowest BCUT2D eigenvalue weighted by molar-refractivity contribution is -0.384. The molecule has 2 aromatic rings. The van der Waals surface area contributed by atoms with Crippen LogP contribution in [0.2, 0.25) is 0 Å². The van der Waals surface area contributed by atoms with Crippen LogP contribution in [0.15, 0.2) is 45.5 Å². The van der Waals surface area contributed by atoms with Crippen molar-refractivity contribution in [2.24, 2.45) is 0 Å². The molecule has 1 aromatic heterocycles. The van der Waals surface area contributed by atoms with Gasteiger partial charge in [0.25, 0.3) is 5.69 Å². The molecule has 1 atom stereocenters. The van der Waals surface area contributed by atoms with E-state index in [0.717, 1.165) is 0 Å². The highest BCUT2D eigenvalue weighted by Crippen LogP contribution is 2.29. The molecule has 0 aliphatic rings. The summed E-state index contributed by atoms with van der Waals surface area (Å²) in [5, 5.41) is 24.2. The quantitative estimate of drug-likeness (QED) is 0.644. The van der Waals surface area contributed by atoms with E-state index in [4.69, 9.17) is 4.42 Å². The molecular formula is C13H13BrN2O4. The van der Waals surface area contributed by atoms with Gasteiger partial charge in [-0.15, -0.1) is 0 Å². The summed E-state index contributed by atoms with van der Waals surface area (Å²) in [6.45, 7) is 1.66. The Labute approximate surface area is 123 Å². The van der Waals surface area contributed by atoms with Crippen LogP contribution in [0.1, 0.15) is 12.7 Å². The summed E-state index contributed by atoms with van der Waals surface area (Å²) in [4.78, 5) is 10.5. The molecule has 0 aliphatic carbocycles. The highest BCUT2D eigenvalue weighted by atomic mass is 79.9. The van der Waals surface area contributed by atoms with Gasteiger partial charge >= 0.3 is 0 Å². The lowest BCUT2D eigenvalue weighted by atomic mass is 10.0. The minimum Gasteiger partial charge on any atom is -0.466 e. The third-order valence-electron chi connectivity index (χ3n) is 2.83. The van der Waals surface area contributed by atoms with Crippen molar-refractivity contribution < 1.29 is 14.4 Å². The van der Waals surface area contributed by atoms with Gasteiger partial charge in [-0.3, -0.25) is 10.1 Å². The number of benzene rings is 1. The summed E-state index contributed by atoms with van der Waals surface area (Å²) >= 11 is 3.19. The molecule has 0 saturated carbocycles. The van der Waals surface area contributed by atoms with Gasteiger partial charge in [-0.2, -0.15) is 0 Å². The number of nitrogens with one attached hydrogen (secondary N) is 1. The molecule has 0 spiro atoms. The first kappa shape index (κ1) is 14.5. The van der Waals surface area contributed by atoms with Crippen LogP contribution in [0.4, 0.5) is 11.4 Å². The maximum absolute atomic E-state index is 11.0. The van der Waals surface area contributed by atoms with Crippen molar-refractivity contribution in [2.45, 2.75) is 12.5 Å². The molecule has 0 fully saturated rings. The van der Waals surface area contributed by atoms with Crippen molar-refractivity contribution in [2.75, 3.05) is 11.9 Å². The van der Waals surface area contributed by atoms with E-state index in [1.165, 1.54) is 12.3 Å². The molecule has 106 valence electrons. The lowest BCUT2D eigenvalue weighted by Crippen LogP contribution is -2.30. The van der Waals surface area contributed by atoms with Gasteiger partial charge in [0.2, 0.25) is 0 Å². The number of aliphatic hydroxyl groups is 1. The average molecular weight is 341 g/mol. The van der Waals surface area contributed by atoms with Crippen LogP contribution in [-0.2, 0) is 5.60 Å². The van der Waals surface area contributed by atoms with Gasteiger partial charge in [-0.1, -0.05) is 15.9 Å². The van der Waals surface area contributed by atoms with Crippen molar-refractivity contribution in [3.05, 3.63) is 56.9 Å². The van der Waals surface area contributed by atoms with E-state index in [2.05, 4.69) is 21.2 Å². The third-order valence-corrected chi connectivity index (χ3v) is 3.32. The summed E-state index contributed by atoms with van der Waals surface area (Å²) in [7, 11) is 0. The predicted octanol–water partition coefficient (Wildman–Crippen LogP) is 3.27. The van der Waals surface area contributed by atoms with E-state index in [-0.39, 0.29) is 12.2 Å². The topological polar surface area (TPSA) is 88.5 Å². The smallest absolute Gasteiger partial charge is 0.293 e. The number of hydrogen-bond acceptors (Lipinski definition) is 5. The maximum Gasteiger partial charge on any atom is 0.293 e. The summed E-state index contributed by atoms with van der Waals surface area (Å²) in [5.74, 6) is 0.393. The summed E-state index contributed by atoms with van der Waals surface area (Å²) < 4.78 is 5.77. The first-order valence-corrected chi connectivity index (χ1v) is 6.63. The summed E-state index contributed by atoms with van der Waals surface area (Å²) in [5.41, 5.74) is -0.982. The van der Waals surface area contributed by atoms with Crippen molar-refractivity contribution >= 4 is 27.3 Å². The van der Waals surface area contributed by atoms with Crippen LogP contribution in [0.25, 0.3) is 0 Å². The molecule has 0 bridgehead atoms. The Kier molecular flexibility index (Phi) is 4.10. The van der Waals surface area contributed by atoms with Crippen molar-refractivity contribution in [1.29, 1.82) is 0 Å². The fourth-order valence-electron chi connectivity index (χ4n) is 1.74. The zero-order chi connectivity index (χ0) is 14.8. The molecule has 1 unspecified atom stereocenters. The van der Waals surface area contributed by atoms with Crippen LogP contribution < -0.4 is 5.32 Å². The number of nitro benzene ring substituents is 1. The van der Waals surface area contributed by atoms with Crippen molar-refractivity contribution in [1.82, 2.24) is 0 Å². The van der Waals surface area contributed by atoms with Crippen molar-refractivity contribution in [3.63, 3.8) is 0 Å². The number of rotatable bonds is 5. The molecular weight excluding hydrogens is 328 g/mol. The Bertz CT molecular complexity index is 611. The van der Waals surface area contributed by atoms with E-state index in [1.54, 1.807) is 31.2 Å². The average Bonchev–Trinajstić information content (AvgIpc) is 2.91. The Morgan fingerprint density at radius 1 is 1.50 bits per heavy atom. The standard InChI is InChI=1S/C13H13BrN2O4/c1-13(17,12-3-2-6-20-12)8-15-10-5-4-9(14)7-11(10)16(18)19/h2-7,15,17H,8H2,1H3. The number of nitro groups is 1. The van der Waals surface area contributed by atoms with Gasteiger partial charge in [-0.25, -0.2) is 0 Å². The number of nitrogens with zero attached hydrogens (tertiary/aromatic N) is 1. The second kappa shape index (κ2) is 5.64. The number of halogens is 1. The SMILES string of the molecule is CC(O)(CNc1ccc(Br)cc1[N+](=O)[O-])c1ccco1. The van der Waals surface area contributed by atoms with E-state index in [0.29, 0.717) is 15.9 Å². The minimum atomic E-state index is -1.26. The van der Waals surface area contributed by atoms with Gasteiger partial charge in [0.05, 0.1) is 17.7 Å². The Balaban J connectivity index is 2.17. The fourth-order valence-corrected chi connectivity index (χ4v) is 2.09. The molecule has 20 heavy (non-hydrogen) atoms. The largest absolute Gasteiger partial charge is 0.466 e. The second-order valence-electron chi connectivity index (χ2n) is 4.52. The zero-order valence-electron chi connectivity index (χ0n) is 10.7. The van der Waals surface area contributed by atoms with E-state index in [9.17, 15) is 15.2 Å². The predicted molar refractivity (Wildman–Crippen MR) is 77.6 cm³/mol. The molecule has 7 heteroatoms. The van der Waals surface area contributed by atoms with Gasteiger partial charge in [-0.05, 0) is 31.2 Å². The van der Waals surface area contributed by atoms with Crippen LogP contribution >= 0.6 is 15.9 Å². The lowest BCUT2D eigenvalue weighted by Gasteiger charge is -2.21. The Morgan fingerprint density at radius 2 is 2.25 bits per heavy atom. The molecule has 1 aromatic carbocycles. The van der Waals surface area contributed by atoms with Gasteiger partial charge < -0.3 is 14.8 Å². The fraction of sp³-hybridized carbons (Fsp3) is 0.231. The van der Waals surface area contributed by atoms with Crippen LogP contribution in [0.3, 0.4) is 0 Å². The maximum atomic E-state index is 11.0. The monoisotopic (exact) mass is 340 g/mol. The summed E-state index contributed by atoms with van der Waals surface area (Å²) in [6, 6.07) is 8.00. The first-order valence-electron chi connectivity index (χ1n) is 5.84. The first-order chi connectivity index (χ1) is 9.40. The zero-order valence-corrected chi connectivity index (χ0v) is 12.3. The molecule has 1 heterocycles. The molecule has 0 aliphatic heterocycles. The molecule has 6 nitrogen and oxygen atoms in total.